The molecule has 6 nitrogen and oxygen atoms in total. The molecule has 2 rings (SSSR count). The van der Waals surface area contributed by atoms with Crippen LogP contribution in [0.15, 0.2) is 22.6 Å². The van der Waals surface area contributed by atoms with Crippen molar-refractivity contribution in [3.63, 3.8) is 0 Å². The first kappa shape index (κ1) is 18.9. The van der Waals surface area contributed by atoms with Crippen LogP contribution in [0, 0.1) is 6.92 Å². The lowest BCUT2D eigenvalue weighted by atomic mass is 10.4. The Bertz CT molecular complexity index is 606. The lowest BCUT2D eigenvalue weighted by molar-refractivity contribution is 0.470. The Hall–Kier alpha value is -1.16. The first-order chi connectivity index (χ1) is 10.1. The SMILES string of the molecule is CCNC(=NCc1ccnn1C)N(C)Cc1csc(C)n1.I. The molecule has 8 heteroatoms. The first-order valence-corrected chi connectivity index (χ1v) is 7.85. The first-order valence-electron chi connectivity index (χ1n) is 6.97. The van der Waals surface area contributed by atoms with Gasteiger partial charge in [0.25, 0.3) is 0 Å². The van der Waals surface area contributed by atoms with Crippen LogP contribution >= 0.6 is 35.3 Å². The predicted molar refractivity (Wildman–Crippen MR) is 102 cm³/mol. The number of nitrogens with zero attached hydrogens (tertiary/aromatic N) is 5. The van der Waals surface area contributed by atoms with Crippen LogP contribution in [-0.2, 0) is 20.1 Å². The molecular formula is C14H23IN6S. The smallest absolute Gasteiger partial charge is 0.194 e. The second-order valence-corrected chi connectivity index (χ2v) is 5.89. The Morgan fingerprint density at radius 3 is 2.82 bits per heavy atom. The lowest BCUT2D eigenvalue weighted by Gasteiger charge is -2.21. The van der Waals surface area contributed by atoms with Crippen LogP contribution in [0.5, 0.6) is 0 Å². The van der Waals surface area contributed by atoms with Gasteiger partial charge in [0.2, 0.25) is 0 Å². The molecule has 22 heavy (non-hydrogen) atoms. The number of rotatable bonds is 5. The van der Waals surface area contributed by atoms with Crippen LogP contribution in [0.1, 0.15) is 23.3 Å². The number of halogens is 1. The number of aryl methyl sites for hydroxylation is 2. The summed E-state index contributed by atoms with van der Waals surface area (Å²) in [6, 6.07) is 1.98. The quantitative estimate of drug-likeness (QED) is 0.446. The van der Waals surface area contributed by atoms with E-state index in [9.17, 15) is 0 Å². The van der Waals surface area contributed by atoms with Crippen molar-refractivity contribution in [2.24, 2.45) is 12.0 Å². The third kappa shape index (κ3) is 5.24. The van der Waals surface area contributed by atoms with Crippen molar-refractivity contribution < 1.29 is 0 Å². The van der Waals surface area contributed by atoms with Gasteiger partial charge in [-0.3, -0.25) is 4.68 Å². The van der Waals surface area contributed by atoms with Crippen molar-refractivity contribution >= 4 is 41.3 Å². The summed E-state index contributed by atoms with van der Waals surface area (Å²) in [5.41, 5.74) is 2.16. The standard InChI is InChI=1S/C14H22N6S.HI/c1-5-15-14(16-8-13-6-7-17-20(13)4)19(3)9-12-10-21-11(2)18-12;/h6-7,10H,5,8-9H2,1-4H3,(H,15,16);1H. The molecule has 0 aromatic carbocycles. The largest absolute Gasteiger partial charge is 0.357 e. The summed E-state index contributed by atoms with van der Waals surface area (Å²) in [5, 5.41) is 10.7. The zero-order valence-electron chi connectivity index (χ0n) is 13.4. The van der Waals surface area contributed by atoms with Gasteiger partial charge in [-0.05, 0) is 19.9 Å². The molecule has 0 aliphatic rings. The van der Waals surface area contributed by atoms with Crippen LogP contribution in [0.4, 0.5) is 0 Å². The highest BCUT2D eigenvalue weighted by Gasteiger charge is 2.09. The van der Waals surface area contributed by atoms with Gasteiger partial charge in [0.05, 0.1) is 29.5 Å². The molecule has 0 radical (unpaired) electrons. The fourth-order valence-corrected chi connectivity index (χ4v) is 2.58. The summed E-state index contributed by atoms with van der Waals surface area (Å²) >= 11 is 1.68. The van der Waals surface area contributed by atoms with Gasteiger partial charge in [-0.15, -0.1) is 35.3 Å². The molecule has 0 saturated heterocycles. The van der Waals surface area contributed by atoms with Crippen molar-refractivity contribution in [3.05, 3.63) is 34.0 Å². The van der Waals surface area contributed by atoms with Crippen LogP contribution in [0.25, 0.3) is 0 Å². The second-order valence-electron chi connectivity index (χ2n) is 4.83. The predicted octanol–water partition coefficient (Wildman–Crippen LogP) is 2.40. The van der Waals surface area contributed by atoms with E-state index in [0.717, 1.165) is 35.4 Å². The van der Waals surface area contributed by atoms with Gasteiger partial charge in [-0.25, -0.2) is 9.98 Å². The molecule has 122 valence electrons. The number of hydrogen-bond donors (Lipinski definition) is 1. The fourth-order valence-electron chi connectivity index (χ4n) is 1.98. The molecule has 0 aliphatic carbocycles. The van der Waals surface area contributed by atoms with Gasteiger partial charge in [-0.1, -0.05) is 0 Å². The van der Waals surface area contributed by atoms with Crippen LogP contribution in [-0.4, -0.2) is 39.2 Å². The highest BCUT2D eigenvalue weighted by atomic mass is 127. The van der Waals surface area contributed by atoms with E-state index in [-0.39, 0.29) is 24.0 Å². The maximum absolute atomic E-state index is 4.67. The number of hydrogen-bond acceptors (Lipinski definition) is 4. The summed E-state index contributed by atoms with van der Waals surface area (Å²) < 4.78 is 1.84. The molecule has 2 aromatic heterocycles. The van der Waals surface area contributed by atoms with Gasteiger partial charge in [0, 0.05) is 32.2 Å². The second kappa shape index (κ2) is 9.09. The summed E-state index contributed by atoms with van der Waals surface area (Å²) in [5.74, 6) is 0.879. The molecule has 0 aliphatic heterocycles. The summed E-state index contributed by atoms with van der Waals surface area (Å²) in [7, 11) is 3.96. The van der Waals surface area contributed by atoms with E-state index in [1.165, 1.54) is 0 Å². The van der Waals surface area contributed by atoms with Gasteiger partial charge >= 0.3 is 0 Å². The summed E-state index contributed by atoms with van der Waals surface area (Å²) in [4.78, 5) is 11.3. The molecule has 0 bridgehead atoms. The van der Waals surface area contributed by atoms with Gasteiger partial charge in [0.15, 0.2) is 5.96 Å². The monoisotopic (exact) mass is 434 g/mol. The maximum Gasteiger partial charge on any atom is 0.194 e. The average molecular weight is 434 g/mol. The van der Waals surface area contributed by atoms with E-state index in [2.05, 4.69) is 37.6 Å². The number of aliphatic imine (C=N–C) groups is 1. The minimum absolute atomic E-state index is 0. The number of aromatic nitrogens is 3. The third-order valence-electron chi connectivity index (χ3n) is 3.08. The van der Waals surface area contributed by atoms with Gasteiger partial charge < -0.3 is 10.2 Å². The number of guanidine groups is 1. The molecular weight excluding hydrogens is 411 g/mol. The highest BCUT2D eigenvalue weighted by Crippen LogP contribution is 2.10. The zero-order valence-corrected chi connectivity index (χ0v) is 16.6. The minimum Gasteiger partial charge on any atom is -0.357 e. The molecule has 2 aromatic rings. The van der Waals surface area contributed by atoms with E-state index >= 15 is 0 Å². The van der Waals surface area contributed by atoms with E-state index in [4.69, 9.17) is 0 Å². The molecule has 0 fully saturated rings. The summed E-state index contributed by atoms with van der Waals surface area (Å²) in [6.07, 6.45) is 1.79. The maximum atomic E-state index is 4.67. The minimum atomic E-state index is 0. The van der Waals surface area contributed by atoms with Crippen molar-refractivity contribution in [2.75, 3.05) is 13.6 Å². The Labute approximate surface area is 152 Å². The van der Waals surface area contributed by atoms with E-state index in [0.29, 0.717) is 6.54 Å². The molecule has 0 atom stereocenters. The fraction of sp³-hybridized carbons (Fsp3) is 0.500. The van der Waals surface area contributed by atoms with Crippen LogP contribution < -0.4 is 5.32 Å². The van der Waals surface area contributed by atoms with Crippen molar-refractivity contribution in [1.82, 2.24) is 25.0 Å². The van der Waals surface area contributed by atoms with Gasteiger partial charge in [-0.2, -0.15) is 5.10 Å². The van der Waals surface area contributed by atoms with Crippen LogP contribution in [0.3, 0.4) is 0 Å². The van der Waals surface area contributed by atoms with E-state index in [1.807, 2.05) is 31.8 Å². The van der Waals surface area contributed by atoms with E-state index in [1.54, 1.807) is 17.5 Å². The molecule has 1 N–H and O–H groups in total. The molecule has 0 amide bonds. The third-order valence-corrected chi connectivity index (χ3v) is 3.90. The Kier molecular flexibility index (Phi) is 7.80. The molecule has 0 spiro atoms. The Morgan fingerprint density at radius 1 is 1.50 bits per heavy atom. The normalized spacial score (nSPS) is 11.2. The highest BCUT2D eigenvalue weighted by molar-refractivity contribution is 14.0. The lowest BCUT2D eigenvalue weighted by Crippen LogP contribution is -2.38. The zero-order chi connectivity index (χ0) is 15.2. The number of thiazole rings is 1. The number of nitrogens with one attached hydrogen (secondary N) is 1. The van der Waals surface area contributed by atoms with Crippen molar-refractivity contribution in [1.29, 1.82) is 0 Å². The topological polar surface area (TPSA) is 58.3 Å². The van der Waals surface area contributed by atoms with E-state index < -0.39 is 0 Å². The van der Waals surface area contributed by atoms with Gasteiger partial charge in [0.1, 0.15) is 0 Å². The molecule has 0 saturated carbocycles. The van der Waals surface area contributed by atoms with Crippen molar-refractivity contribution in [3.8, 4) is 0 Å². The molecule has 0 unspecified atom stereocenters. The molecule has 2 heterocycles. The Balaban J connectivity index is 0.00000242. The van der Waals surface area contributed by atoms with Crippen molar-refractivity contribution in [2.45, 2.75) is 26.9 Å². The van der Waals surface area contributed by atoms with Crippen LogP contribution in [0.2, 0.25) is 0 Å². The Morgan fingerprint density at radius 2 is 2.27 bits per heavy atom. The summed E-state index contributed by atoms with van der Waals surface area (Å²) in [6.45, 7) is 6.29. The average Bonchev–Trinajstić information content (AvgIpc) is 3.03.